The molecule has 1 aliphatic heterocycles. The van der Waals surface area contributed by atoms with Gasteiger partial charge in [0.05, 0.1) is 30.6 Å². The molecule has 1 saturated heterocycles. The molecule has 0 saturated carbocycles. The highest BCUT2D eigenvalue weighted by Gasteiger charge is 2.15. The normalized spacial score (nSPS) is 15.3. The second-order valence-corrected chi connectivity index (χ2v) is 5.66. The number of hydrogen-bond acceptors (Lipinski definition) is 5. The van der Waals surface area contributed by atoms with Crippen molar-refractivity contribution in [2.75, 3.05) is 44.7 Å². The number of aromatic amines is 1. The molecule has 8 nitrogen and oxygen atoms in total. The minimum absolute atomic E-state index is 0.470. The molecule has 1 aromatic heterocycles. The Morgan fingerprint density at radius 2 is 2.08 bits per heavy atom. The number of amides is 2. The van der Waals surface area contributed by atoms with Crippen LogP contribution in [-0.4, -0.2) is 66.3 Å². The van der Waals surface area contributed by atoms with Gasteiger partial charge in [-0.1, -0.05) is 12.1 Å². The first-order valence-corrected chi connectivity index (χ1v) is 8.05. The largest absolute Gasteiger partial charge is 0.379 e. The monoisotopic (exact) mass is 331 g/mol. The van der Waals surface area contributed by atoms with E-state index in [0.717, 1.165) is 44.7 Å². The van der Waals surface area contributed by atoms with Gasteiger partial charge >= 0.3 is 11.8 Å². The van der Waals surface area contributed by atoms with Gasteiger partial charge < -0.3 is 15.4 Å². The van der Waals surface area contributed by atoms with Crippen molar-refractivity contribution in [3.63, 3.8) is 0 Å². The Morgan fingerprint density at radius 1 is 1.25 bits per heavy atom. The van der Waals surface area contributed by atoms with E-state index in [1.165, 1.54) is 0 Å². The van der Waals surface area contributed by atoms with Crippen LogP contribution in [0.4, 0.5) is 5.69 Å². The smallest absolute Gasteiger partial charge is 0.313 e. The molecular formula is C16H21N5O3. The number of fused-ring (bicyclic) bond motifs is 1. The van der Waals surface area contributed by atoms with Gasteiger partial charge in [0.15, 0.2) is 0 Å². The number of hydrogen-bond donors (Lipinski definition) is 3. The highest BCUT2D eigenvalue weighted by molar-refractivity contribution is 6.40. The number of ether oxygens (including phenoxy) is 1. The lowest BCUT2D eigenvalue weighted by Gasteiger charge is -2.26. The molecule has 3 rings (SSSR count). The second-order valence-electron chi connectivity index (χ2n) is 5.66. The van der Waals surface area contributed by atoms with Crippen LogP contribution in [0.25, 0.3) is 10.9 Å². The van der Waals surface area contributed by atoms with Crippen LogP contribution >= 0.6 is 0 Å². The fourth-order valence-electron chi connectivity index (χ4n) is 2.66. The number of nitrogens with zero attached hydrogens (tertiary/aromatic N) is 2. The number of carbonyl (C=O) groups is 2. The van der Waals surface area contributed by atoms with Crippen molar-refractivity contribution < 1.29 is 14.3 Å². The number of H-pyrrole nitrogens is 1. The van der Waals surface area contributed by atoms with Gasteiger partial charge in [0.1, 0.15) is 0 Å². The summed E-state index contributed by atoms with van der Waals surface area (Å²) >= 11 is 0. The maximum absolute atomic E-state index is 12.0. The van der Waals surface area contributed by atoms with E-state index in [1.807, 2.05) is 6.07 Å². The van der Waals surface area contributed by atoms with Gasteiger partial charge in [-0.2, -0.15) is 5.10 Å². The second kappa shape index (κ2) is 7.89. The van der Waals surface area contributed by atoms with Gasteiger partial charge in [-0.15, -0.1) is 0 Å². The molecule has 8 heteroatoms. The first-order valence-electron chi connectivity index (χ1n) is 8.05. The minimum atomic E-state index is -0.677. The molecule has 24 heavy (non-hydrogen) atoms. The molecule has 0 bridgehead atoms. The molecule has 1 aliphatic rings. The van der Waals surface area contributed by atoms with Gasteiger partial charge in [0.2, 0.25) is 0 Å². The topological polar surface area (TPSA) is 99.3 Å². The van der Waals surface area contributed by atoms with E-state index in [1.54, 1.807) is 18.3 Å². The first-order chi connectivity index (χ1) is 11.7. The molecule has 0 radical (unpaired) electrons. The molecule has 3 N–H and O–H groups in total. The van der Waals surface area contributed by atoms with Crippen molar-refractivity contribution in [2.45, 2.75) is 6.42 Å². The van der Waals surface area contributed by atoms with Crippen LogP contribution in [0.5, 0.6) is 0 Å². The summed E-state index contributed by atoms with van der Waals surface area (Å²) in [7, 11) is 0. The van der Waals surface area contributed by atoms with Gasteiger partial charge in [0.25, 0.3) is 0 Å². The van der Waals surface area contributed by atoms with Crippen molar-refractivity contribution in [3.05, 3.63) is 24.4 Å². The van der Waals surface area contributed by atoms with Gasteiger partial charge in [-0.05, 0) is 19.0 Å². The van der Waals surface area contributed by atoms with Crippen molar-refractivity contribution in [1.82, 2.24) is 20.4 Å². The minimum Gasteiger partial charge on any atom is -0.379 e. The van der Waals surface area contributed by atoms with Crippen LogP contribution in [0.1, 0.15) is 6.42 Å². The Labute approximate surface area is 139 Å². The summed E-state index contributed by atoms with van der Waals surface area (Å²) in [5, 5.41) is 12.9. The van der Waals surface area contributed by atoms with Crippen molar-refractivity contribution in [3.8, 4) is 0 Å². The number of anilines is 1. The summed E-state index contributed by atoms with van der Waals surface area (Å²) in [6.07, 6.45) is 2.46. The van der Waals surface area contributed by atoms with Crippen molar-refractivity contribution in [1.29, 1.82) is 0 Å². The molecule has 0 aliphatic carbocycles. The third-order valence-corrected chi connectivity index (χ3v) is 3.97. The quantitative estimate of drug-likeness (QED) is 0.542. The molecule has 1 fully saturated rings. The van der Waals surface area contributed by atoms with E-state index >= 15 is 0 Å². The highest BCUT2D eigenvalue weighted by atomic mass is 16.5. The number of carbonyl (C=O) groups excluding carboxylic acids is 2. The summed E-state index contributed by atoms with van der Waals surface area (Å²) in [6.45, 7) is 4.71. The molecule has 2 aromatic rings. The van der Waals surface area contributed by atoms with Crippen LogP contribution in [0.3, 0.4) is 0 Å². The Kier molecular flexibility index (Phi) is 5.39. The van der Waals surface area contributed by atoms with Crippen molar-refractivity contribution >= 4 is 28.4 Å². The summed E-state index contributed by atoms with van der Waals surface area (Å²) in [5.74, 6) is -1.31. The fraction of sp³-hybridized carbons (Fsp3) is 0.438. The van der Waals surface area contributed by atoms with E-state index in [-0.39, 0.29) is 0 Å². The van der Waals surface area contributed by atoms with Crippen LogP contribution in [0, 0.1) is 0 Å². The van der Waals surface area contributed by atoms with Crippen LogP contribution < -0.4 is 10.6 Å². The van der Waals surface area contributed by atoms with E-state index in [2.05, 4.69) is 25.7 Å². The summed E-state index contributed by atoms with van der Waals surface area (Å²) in [6, 6.07) is 5.40. The summed E-state index contributed by atoms with van der Waals surface area (Å²) < 4.78 is 5.29. The predicted molar refractivity (Wildman–Crippen MR) is 89.6 cm³/mol. The Hall–Kier alpha value is -2.45. The van der Waals surface area contributed by atoms with E-state index < -0.39 is 11.8 Å². The van der Waals surface area contributed by atoms with Crippen LogP contribution in [0.2, 0.25) is 0 Å². The Morgan fingerprint density at radius 3 is 2.92 bits per heavy atom. The van der Waals surface area contributed by atoms with E-state index in [0.29, 0.717) is 17.7 Å². The standard InChI is InChI=1S/C16H21N5O3/c22-15(17-5-2-6-21-7-9-24-10-8-21)16(23)19-13-4-1-3-12-11-18-20-14(12)13/h1,3-4,11H,2,5-10H2,(H,17,22)(H,18,20)(H,19,23). The highest BCUT2D eigenvalue weighted by Crippen LogP contribution is 2.20. The number of morpholine rings is 1. The predicted octanol–water partition coefficient (Wildman–Crippen LogP) is 0.340. The van der Waals surface area contributed by atoms with Crippen LogP contribution in [-0.2, 0) is 14.3 Å². The molecule has 2 amide bonds. The lowest BCUT2D eigenvalue weighted by Crippen LogP contribution is -2.39. The molecule has 0 atom stereocenters. The Bertz CT molecular complexity index is 709. The average Bonchev–Trinajstić information content (AvgIpc) is 3.09. The van der Waals surface area contributed by atoms with Gasteiger partial charge in [-0.25, -0.2) is 0 Å². The number of nitrogens with one attached hydrogen (secondary N) is 3. The fourth-order valence-corrected chi connectivity index (χ4v) is 2.66. The lowest BCUT2D eigenvalue weighted by atomic mass is 10.2. The average molecular weight is 331 g/mol. The molecule has 0 spiro atoms. The molecule has 0 unspecified atom stereocenters. The SMILES string of the molecule is O=C(NCCCN1CCOCC1)C(=O)Nc1cccc2cn[nH]c12. The zero-order valence-electron chi connectivity index (χ0n) is 13.4. The van der Waals surface area contributed by atoms with Gasteiger partial charge in [-0.3, -0.25) is 19.6 Å². The zero-order valence-corrected chi connectivity index (χ0v) is 13.4. The van der Waals surface area contributed by atoms with Gasteiger partial charge in [0, 0.05) is 25.0 Å². The number of rotatable bonds is 5. The van der Waals surface area contributed by atoms with E-state index in [4.69, 9.17) is 4.74 Å². The lowest BCUT2D eigenvalue weighted by molar-refractivity contribution is -0.136. The molecule has 128 valence electrons. The number of para-hydroxylation sites is 1. The third kappa shape index (κ3) is 4.09. The zero-order chi connectivity index (χ0) is 16.8. The summed E-state index contributed by atoms with van der Waals surface area (Å²) in [4.78, 5) is 26.2. The maximum Gasteiger partial charge on any atom is 0.313 e. The maximum atomic E-state index is 12.0. The Balaban J connectivity index is 1.43. The number of aromatic nitrogens is 2. The molecule has 1 aromatic carbocycles. The number of benzene rings is 1. The summed E-state index contributed by atoms with van der Waals surface area (Å²) in [5.41, 5.74) is 1.24. The van der Waals surface area contributed by atoms with Crippen LogP contribution in [0.15, 0.2) is 24.4 Å². The molecular weight excluding hydrogens is 310 g/mol. The van der Waals surface area contributed by atoms with E-state index in [9.17, 15) is 9.59 Å². The first kappa shape index (κ1) is 16.4. The van der Waals surface area contributed by atoms with Crippen molar-refractivity contribution in [2.24, 2.45) is 0 Å². The molecule has 2 heterocycles. The third-order valence-electron chi connectivity index (χ3n) is 3.97.